The summed E-state index contributed by atoms with van der Waals surface area (Å²) >= 11 is 0. The molecule has 36 heavy (non-hydrogen) atoms. The summed E-state index contributed by atoms with van der Waals surface area (Å²) in [5, 5.41) is 2.67. The minimum atomic E-state index is -0.805. The number of ketones is 4. The molecule has 0 bridgehead atoms. The van der Waals surface area contributed by atoms with E-state index in [9.17, 15) is 24.0 Å². The number of carbonyl (C=O) groups is 5. The minimum Gasteiger partial charge on any atom is -0.445 e. The van der Waals surface area contributed by atoms with Crippen molar-refractivity contribution >= 4 is 29.2 Å². The molecule has 2 rings (SSSR count). The van der Waals surface area contributed by atoms with E-state index in [0.29, 0.717) is 32.1 Å². The van der Waals surface area contributed by atoms with Crippen LogP contribution in [0.4, 0.5) is 4.79 Å². The topological polar surface area (TPSA) is 107 Å². The zero-order chi connectivity index (χ0) is 26.5. The summed E-state index contributed by atoms with van der Waals surface area (Å²) in [6.45, 7) is 5.96. The second kappa shape index (κ2) is 15.3. The van der Waals surface area contributed by atoms with Crippen LogP contribution in [0.5, 0.6) is 0 Å². The molecule has 1 aromatic rings. The maximum atomic E-state index is 13.2. The molecule has 7 nitrogen and oxygen atoms in total. The first kappa shape index (κ1) is 29.4. The Bertz CT molecular complexity index is 894. The van der Waals surface area contributed by atoms with E-state index >= 15 is 0 Å². The lowest BCUT2D eigenvalue weighted by atomic mass is 9.81. The van der Waals surface area contributed by atoms with Gasteiger partial charge >= 0.3 is 6.09 Å². The molecule has 1 aliphatic carbocycles. The summed E-state index contributed by atoms with van der Waals surface area (Å²) in [7, 11) is 0. The molecule has 1 aliphatic rings. The first-order valence-electron chi connectivity index (χ1n) is 13.3. The summed E-state index contributed by atoms with van der Waals surface area (Å²) in [6.07, 6.45) is 4.33. The van der Waals surface area contributed by atoms with Gasteiger partial charge in [-0.15, -0.1) is 0 Å². The van der Waals surface area contributed by atoms with E-state index in [2.05, 4.69) is 5.32 Å². The number of hydrogen-bond acceptors (Lipinski definition) is 6. The van der Waals surface area contributed by atoms with Crippen molar-refractivity contribution < 1.29 is 28.7 Å². The fourth-order valence-electron chi connectivity index (χ4n) is 4.63. The zero-order valence-corrected chi connectivity index (χ0v) is 21.9. The molecular weight excluding hydrogens is 458 g/mol. The van der Waals surface area contributed by atoms with E-state index in [1.54, 1.807) is 0 Å². The number of nitrogens with one attached hydrogen (secondary N) is 1. The van der Waals surface area contributed by atoms with Gasteiger partial charge in [0.1, 0.15) is 12.4 Å². The minimum absolute atomic E-state index is 0.0544. The first-order chi connectivity index (χ1) is 17.2. The van der Waals surface area contributed by atoms with Gasteiger partial charge in [-0.25, -0.2) is 4.79 Å². The third-order valence-electron chi connectivity index (χ3n) is 6.71. The first-order valence-corrected chi connectivity index (χ1v) is 13.3. The Balaban J connectivity index is 2.02. The summed E-state index contributed by atoms with van der Waals surface area (Å²) < 4.78 is 5.29. The number of alkyl carbamates (subject to hydrolysis) is 1. The number of hydrogen-bond donors (Lipinski definition) is 1. The summed E-state index contributed by atoms with van der Waals surface area (Å²) in [6, 6.07) is 8.44. The van der Waals surface area contributed by atoms with Crippen molar-refractivity contribution in [3.05, 3.63) is 35.9 Å². The monoisotopic (exact) mass is 499 g/mol. The van der Waals surface area contributed by atoms with E-state index in [-0.39, 0.29) is 42.9 Å². The molecule has 1 aromatic carbocycles. The Morgan fingerprint density at radius 3 is 2.44 bits per heavy atom. The van der Waals surface area contributed by atoms with Gasteiger partial charge in [0.25, 0.3) is 0 Å². The fraction of sp³-hybridized carbons (Fsp3) is 0.621. The van der Waals surface area contributed by atoms with Crippen LogP contribution in [0, 0.1) is 17.8 Å². The Kier molecular flexibility index (Phi) is 12.5. The highest BCUT2D eigenvalue weighted by molar-refractivity contribution is 6.38. The van der Waals surface area contributed by atoms with Gasteiger partial charge in [-0.1, -0.05) is 70.4 Å². The van der Waals surface area contributed by atoms with Gasteiger partial charge < -0.3 is 10.1 Å². The van der Waals surface area contributed by atoms with Crippen LogP contribution in [-0.2, 0) is 30.5 Å². The van der Waals surface area contributed by atoms with E-state index in [0.717, 1.165) is 24.8 Å². The van der Waals surface area contributed by atoms with E-state index in [1.165, 1.54) is 0 Å². The standard InChI is InChI=1S/C29H41NO6/c1-4-5-13-23(28(34)27(33)17-22-14-9-10-15-25(22)31)18-26(32)24(16-20(2)3)30-29(35)36-19-21-11-7-6-8-12-21/h6-8,11-12,20,22-24H,4-5,9-10,13-19H2,1-3H3,(H,30,35)/t22-,23-,24+/m1/s1. The van der Waals surface area contributed by atoms with Crippen molar-refractivity contribution in [2.75, 3.05) is 0 Å². The normalized spacial score (nSPS) is 17.3. The lowest BCUT2D eigenvalue weighted by molar-refractivity contribution is -0.142. The van der Waals surface area contributed by atoms with Crippen molar-refractivity contribution in [2.24, 2.45) is 17.8 Å². The molecule has 1 fully saturated rings. The van der Waals surface area contributed by atoms with Crippen molar-refractivity contribution in [2.45, 2.75) is 97.6 Å². The van der Waals surface area contributed by atoms with Crippen LogP contribution in [0.2, 0.25) is 0 Å². The maximum absolute atomic E-state index is 13.2. The molecule has 0 unspecified atom stereocenters. The summed E-state index contributed by atoms with van der Waals surface area (Å²) in [5.41, 5.74) is 0.833. The fourth-order valence-corrected chi connectivity index (χ4v) is 4.63. The van der Waals surface area contributed by atoms with E-state index in [1.807, 2.05) is 51.1 Å². The van der Waals surface area contributed by atoms with E-state index in [4.69, 9.17) is 4.74 Å². The highest BCUT2D eigenvalue weighted by Crippen LogP contribution is 2.25. The average Bonchev–Trinajstić information content (AvgIpc) is 2.86. The summed E-state index contributed by atoms with van der Waals surface area (Å²) in [5.74, 6) is -2.34. The zero-order valence-electron chi connectivity index (χ0n) is 21.9. The van der Waals surface area contributed by atoms with Crippen LogP contribution < -0.4 is 5.32 Å². The van der Waals surface area contributed by atoms with Gasteiger partial charge in [-0.3, -0.25) is 19.2 Å². The van der Waals surface area contributed by atoms with Gasteiger partial charge in [0.05, 0.1) is 6.04 Å². The van der Waals surface area contributed by atoms with Gasteiger partial charge in [0.2, 0.25) is 5.78 Å². The third-order valence-corrected chi connectivity index (χ3v) is 6.71. The SMILES string of the molecule is CCCC[C@H](CC(=O)[C@H](CC(C)C)NC(=O)OCc1ccccc1)C(=O)C(=O)C[C@H]1CCCCC1=O. The Hall–Kier alpha value is -2.83. The van der Waals surface area contributed by atoms with Crippen molar-refractivity contribution in [3.8, 4) is 0 Å². The highest BCUT2D eigenvalue weighted by atomic mass is 16.5. The molecule has 1 saturated carbocycles. The molecule has 0 heterocycles. The molecule has 1 amide bonds. The molecule has 0 radical (unpaired) electrons. The molecule has 198 valence electrons. The second-order valence-electron chi connectivity index (χ2n) is 10.3. The van der Waals surface area contributed by atoms with Crippen LogP contribution in [0.3, 0.4) is 0 Å². The van der Waals surface area contributed by atoms with Gasteiger partial charge in [-0.05, 0) is 37.2 Å². The molecule has 3 atom stereocenters. The highest BCUT2D eigenvalue weighted by Gasteiger charge is 2.33. The lowest BCUT2D eigenvalue weighted by Crippen LogP contribution is -2.43. The van der Waals surface area contributed by atoms with Crippen molar-refractivity contribution in [3.63, 3.8) is 0 Å². The van der Waals surface area contributed by atoms with Crippen LogP contribution >= 0.6 is 0 Å². The predicted octanol–water partition coefficient (Wildman–Crippen LogP) is 5.38. The van der Waals surface area contributed by atoms with E-state index < -0.39 is 29.6 Å². The quantitative estimate of drug-likeness (QED) is 0.325. The Labute approximate surface area is 214 Å². The molecule has 0 aromatic heterocycles. The number of Topliss-reactive ketones (excluding diaryl/α,β-unsaturated/α-hetero) is 4. The molecule has 0 saturated heterocycles. The van der Waals surface area contributed by atoms with Gasteiger partial charge in [0, 0.05) is 31.1 Å². The van der Waals surface area contributed by atoms with Crippen molar-refractivity contribution in [1.82, 2.24) is 5.32 Å². The molecule has 1 N–H and O–H groups in total. The number of amides is 1. The maximum Gasteiger partial charge on any atom is 0.408 e. The molecular formula is C29H41NO6. The molecule has 7 heteroatoms. The van der Waals surface area contributed by atoms with Crippen LogP contribution in [-0.4, -0.2) is 35.3 Å². The number of unbranched alkanes of at least 4 members (excludes halogenated alkanes) is 1. The van der Waals surface area contributed by atoms with Gasteiger partial charge in [0.15, 0.2) is 11.6 Å². The number of carbonyl (C=O) groups excluding carboxylic acids is 5. The average molecular weight is 500 g/mol. The largest absolute Gasteiger partial charge is 0.445 e. The Morgan fingerprint density at radius 1 is 1.08 bits per heavy atom. The Morgan fingerprint density at radius 2 is 1.81 bits per heavy atom. The van der Waals surface area contributed by atoms with Crippen LogP contribution in [0.1, 0.15) is 90.5 Å². The summed E-state index contributed by atoms with van der Waals surface area (Å²) in [4.78, 5) is 63.7. The predicted molar refractivity (Wildman–Crippen MR) is 137 cm³/mol. The van der Waals surface area contributed by atoms with Gasteiger partial charge in [-0.2, -0.15) is 0 Å². The number of rotatable bonds is 15. The lowest BCUT2D eigenvalue weighted by Gasteiger charge is -2.23. The number of benzene rings is 1. The molecule has 0 aliphatic heterocycles. The smallest absolute Gasteiger partial charge is 0.408 e. The van der Waals surface area contributed by atoms with Crippen LogP contribution in [0.25, 0.3) is 0 Å². The van der Waals surface area contributed by atoms with Crippen LogP contribution in [0.15, 0.2) is 30.3 Å². The number of ether oxygens (including phenoxy) is 1. The molecule has 0 spiro atoms. The second-order valence-corrected chi connectivity index (χ2v) is 10.3. The third kappa shape index (κ3) is 10.0. The van der Waals surface area contributed by atoms with Crippen molar-refractivity contribution in [1.29, 1.82) is 0 Å².